The van der Waals surface area contributed by atoms with Gasteiger partial charge in [0.05, 0.1) is 25.6 Å². The topological polar surface area (TPSA) is 62.7 Å². The van der Waals surface area contributed by atoms with Crippen LogP contribution >= 0.6 is 15.9 Å². The van der Waals surface area contributed by atoms with Gasteiger partial charge in [-0.05, 0) is 29.8 Å². The molecule has 2 N–H and O–H groups in total. The number of nitrogens with one attached hydrogen (secondary N) is 2. The number of nitrogens with zero attached hydrogens (tertiary/aromatic N) is 1. The molecule has 22 heavy (non-hydrogen) atoms. The predicted octanol–water partition coefficient (Wildman–Crippen LogP) is 3.02. The number of hydrazone groups is 1. The van der Waals surface area contributed by atoms with Crippen molar-refractivity contribution in [2.24, 2.45) is 5.10 Å². The molecule has 6 heteroatoms. The highest BCUT2D eigenvalue weighted by molar-refractivity contribution is 9.10. The lowest BCUT2D eigenvalue weighted by molar-refractivity contribution is -0.119. The van der Waals surface area contributed by atoms with E-state index in [9.17, 15) is 4.79 Å². The number of methoxy groups -OCH3 is 1. The smallest absolute Gasteiger partial charge is 0.259 e. The summed E-state index contributed by atoms with van der Waals surface area (Å²) in [6.07, 6.45) is 1.59. The van der Waals surface area contributed by atoms with Gasteiger partial charge >= 0.3 is 0 Å². The second-order valence-electron chi connectivity index (χ2n) is 4.40. The van der Waals surface area contributed by atoms with Gasteiger partial charge in [0.1, 0.15) is 5.75 Å². The number of ether oxygens (including phenoxy) is 1. The molecule has 0 heterocycles. The van der Waals surface area contributed by atoms with Crippen LogP contribution in [0.15, 0.2) is 58.1 Å². The lowest BCUT2D eigenvalue weighted by Gasteiger charge is -2.09. The highest BCUT2D eigenvalue weighted by Crippen LogP contribution is 2.22. The van der Waals surface area contributed by atoms with Gasteiger partial charge in [-0.3, -0.25) is 4.79 Å². The molecule has 0 saturated carbocycles. The van der Waals surface area contributed by atoms with Crippen LogP contribution in [-0.4, -0.2) is 25.8 Å². The third-order valence-corrected chi connectivity index (χ3v) is 3.35. The zero-order valence-electron chi connectivity index (χ0n) is 12.0. The van der Waals surface area contributed by atoms with Crippen LogP contribution in [0.4, 0.5) is 5.69 Å². The summed E-state index contributed by atoms with van der Waals surface area (Å²) < 4.78 is 6.19. The molecular weight excluding hydrogens is 346 g/mol. The zero-order chi connectivity index (χ0) is 15.8. The number of amides is 1. The van der Waals surface area contributed by atoms with E-state index in [1.54, 1.807) is 13.3 Å². The maximum atomic E-state index is 11.7. The Morgan fingerprint density at radius 2 is 1.95 bits per heavy atom. The lowest BCUT2D eigenvalue weighted by atomic mass is 10.2. The second-order valence-corrected chi connectivity index (χ2v) is 5.31. The number of rotatable bonds is 6. The molecule has 0 aliphatic rings. The van der Waals surface area contributed by atoms with E-state index in [-0.39, 0.29) is 12.5 Å². The van der Waals surface area contributed by atoms with Crippen molar-refractivity contribution in [2.75, 3.05) is 19.0 Å². The van der Waals surface area contributed by atoms with Crippen LogP contribution in [0, 0.1) is 0 Å². The molecule has 0 aromatic heterocycles. The first-order chi connectivity index (χ1) is 10.7. The van der Waals surface area contributed by atoms with E-state index in [2.05, 4.69) is 31.8 Å². The van der Waals surface area contributed by atoms with Gasteiger partial charge in [0, 0.05) is 4.47 Å². The van der Waals surface area contributed by atoms with Crippen LogP contribution in [0.2, 0.25) is 0 Å². The van der Waals surface area contributed by atoms with Crippen molar-refractivity contribution in [3.63, 3.8) is 0 Å². The van der Waals surface area contributed by atoms with Crippen LogP contribution in [0.3, 0.4) is 0 Å². The molecule has 0 atom stereocenters. The monoisotopic (exact) mass is 361 g/mol. The first-order valence-electron chi connectivity index (χ1n) is 6.63. The van der Waals surface area contributed by atoms with Crippen LogP contribution in [-0.2, 0) is 4.79 Å². The first-order valence-corrected chi connectivity index (χ1v) is 7.42. The van der Waals surface area contributed by atoms with Gasteiger partial charge in [-0.1, -0.05) is 40.2 Å². The normalized spacial score (nSPS) is 10.5. The van der Waals surface area contributed by atoms with E-state index in [1.165, 1.54) is 0 Å². The Hall–Kier alpha value is -2.34. The maximum absolute atomic E-state index is 11.7. The number of hydrogen-bond donors (Lipinski definition) is 2. The van der Waals surface area contributed by atoms with Gasteiger partial charge in [-0.15, -0.1) is 0 Å². The minimum Gasteiger partial charge on any atom is -0.495 e. The van der Waals surface area contributed by atoms with Crippen molar-refractivity contribution in [3.05, 3.63) is 58.6 Å². The van der Waals surface area contributed by atoms with Crippen molar-refractivity contribution in [3.8, 4) is 5.75 Å². The summed E-state index contributed by atoms with van der Waals surface area (Å²) in [5.74, 6) is 0.452. The second kappa shape index (κ2) is 8.19. The minimum absolute atomic E-state index is 0.109. The van der Waals surface area contributed by atoms with Gasteiger partial charge in [0.15, 0.2) is 0 Å². The Morgan fingerprint density at radius 1 is 1.23 bits per heavy atom. The maximum Gasteiger partial charge on any atom is 0.259 e. The van der Waals surface area contributed by atoms with Crippen LogP contribution in [0.1, 0.15) is 5.56 Å². The quantitative estimate of drug-likeness (QED) is 0.613. The molecule has 1 amide bonds. The van der Waals surface area contributed by atoms with Crippen molar-refractivity contribution in [1.82, 2.24) is 5.43 Å². The number of benzene rings is 2. The molecule has 5 nitrogen and oxygen atoms in total. The summed E-state index contributed by atoms with van der Waals surface area (Å²) in [6, 6.07) is 15.0. The summed E-state index contributed by atoms with van der Waals surface area (Å²) in [7, 11) is 1.59. The Balaban J connectivity index is 1.82. The summed E-state index contributed by atoms with van der Waals surface area (Å²) in [6.45, 7) is 0.109. The third-order valence-electron chi connectivity index (χ3n) is 2.82. The predicted molar refractivity (Wildman–Crippen MR) is 91.4 cm³/mol. The zero-order valence-corrected chi connectivity index (χ0v) is 13.6. The average molecular weight is 362 g/mol. The molecule has 2 rings (SSSR count). The highest BCUT2D eigenvalue weighted by Gasteiger charge is 2.03. The molecule has 114 valence electrons. The van der Waals surface area contributed by atoms with Gasteiger partial charge in [0.2, 0.25) is 0 Å². The molecule has 0 spiro atoms. The molecule has 0 fully saturated rings. The number of halogens is 1. The van der Waals surface area contributed by atoms with Gasteiger partial charge < -0.3 is 10.1 Å². The fraction of sp³-hybridized carbons (Fsp3) is 0.125. The fourth-order valence-electron chi connectivity index (χ4n) is 1.73. The van der Waals surface area contributed by atoms with E-state index in [0.29, 0.717) is 5.75 Å². The molecule has 2 aromatic rings. The largest absolute Gasteiger partial charge is 0.495 e. The number of anilines is 1. The van der Waals surface area contributed by atoms with Gasteiger partial charge in [-0.2, -0.15) is 5.10 Å². The van der Waals surface area contributed by atoms with Crippen LogP contribution in [0.25, 0.3) is 0 Å². The number of carbonyl (C=O) groups is 1. The van der Waals surface area contributed by atoms with E-state index in [0.717, 1.165) is 15.7 Å². The van der Waals surface area contributed by atoms with Gasteiger partial charge in [0.25, 0.3) is 5.91 Å². The van der Waals surface area contributed by atoms with Crippen molar-refractivity contribution < 1.29 is 9.53 Å². The van der Waals surface area contributed by atoms with Crippen molar-refractivity contribution in [1.29, 1.82) is 0 Å². The molecule has 0 radical (unpaired) electrons. The van der Waals surface area contributed by atoms with Crippen LogP contribution < -0.4 is 15.5 Å². The first kappa shape index (κ1) is 16.0. The summed E-state index contributed by atoms with van der Waals surface area (Å²) in [5.41, 5.74) is 4.13. The minimum atomic E-state index is -0.237. The molecule has 0 unspecified atom stereocenters. The molecule has 0 aliphatic heterocycles. The number of hydrogen-bond acceptors (Lipinski definition) is 4. The highest BCUT2D eigenvalue weighted by atomic mass is 79.9. The van der Waals surface area contributed by atoms with E-state index < -0.39 is 0 Å². The van der Waals surface area contributed by atoms with E-state index in [1.807, 2.05) is 48.5 Å². The van der Waals surface area contributed by atoms with Crippen LogP contribution in [0.5, 0.6) is 5.75 Å². The molecule has 0 saturated heterocycles. The molecule has 2 aromatic carbocycles. The summed E-state index contributed by atoms with van der Waals surface area (Å²) >= 11 is 3.36. The standard InChI is InChI=1S/C16H16BrN3O2/c1-22-15-5-3-2-4-14(15)18-11-16(21)20-19-10-12-6-8-13(17)9-7-12/h2-10,18H,11H2,1H3,(H,20,21)/b19-10-. The Labute approximate surface area is 137 Å². The average Bonchev–Trinajstić information content (AvgIpc) is 2.55. The number of para-hydroxylation sites is 2. The Morgan fingerprint density at radius 3 is 2.68 bits per heavy atom. The molecular formula is C16H16BrN3O2. The van der Waals surface area contributed by atoms with E-state index in [4.69, 9.17) is 4.74 Å². The van der Waals surface area contributed by atoms with Gasteiger partial charge in [-0.25, -0.2) is 5.43 Å². The molecule has 0 aliphatic carbocycles. The van der Waals surface area contributed by atoms with Crippen molar-refractivity contribution in [2.45, 2.75) is 0 Å². The Kier molecular flexibility index (Phi) is 5.97. The van der Waals surface area contributed by atoms with E-state index >= 15 is 0 Å². The summed E-state index contributed by atoms with van der Waals surface area (Å²) in [4.78, 5) is 11.7. The third kappa shape index (κ3) is 4.89. The molecule has 0 bridgehead atoms. The van der Waals surface area contributed by atoms with Crippen molar-refractivity contribution >= 4 is 33.7 Å². The summed E-state index contributed by atoms with van der Waals surface area (Å²) in [5, 5.41) is 6.92. The lowest BCUT2D eigenvalue weighted by Crippen LogP contribution is -2.26. The Bertz CT molecular complexity index is 657. The number of carbonyl (C=O) groups excluding carboxylic acids is 1. The fourth-order valence-corrected chi connectivity index (χ4v) is 2.00. The SMILES string of the molecule is COc1ccccc1NCC(=O)N/N=C\c1ccc(Br)cc1.